The maximum Gasteiger partial charge on any atom is 0.0246 e. The van der Waals surface area contributed by atoms with Crippen LogP contribution in [0.3, 0.4) is 0 Å². The quantitative estimate of drug-likeness (QED) is 0.633. The summed E-state index contributed by atoms with van der Waals surface area (Å²) in [5.74, 6) is 0. The van der Waals surface area contributed by atoms with Crippen molar-refractivity contribution in [1.82, 2.24) is 10.2 Å². The van der Waals surface area contributed by atoms with E-state index in [0.717, 1.165) is 12.1 Å². The van der Waals surface area contributed by atoms with Gasteiger partial charge in [-0.1, -0.05) is 6.42 Å². The fraction of sp³-hybridized carbons (Fsp3) is 1.00. The van der Waals surface area contributed by atoms with E-state index in [1.165, 1.54) is 45.2 Å². The number of hydrogen-bond donors (Lipinski definition) is 1. The van der Waals surface area contributed by atoms with Crippen LogP contribution in [0.15, 0.2) is 0 Å². The molecule has 1 N–H and O–H groups in total. The zero-order chi connectivity index (χ0) is 8.39. The number of rotatable bonds is 1. The highest BCUT2D eigenvalue weighted by Gasteiger charge is 2.29. The molecule has 0 spiro atoms. The molecule has 2 nitrogen and oxygen atoms in total. The van der Waals surface area contributed by atoms with Crippen molar-refractivity contribution in [3.05, 3.63) is 0 Å². The number of hydrogen-bond acceptors (Lipinski definition) is 2. The summed E-state index contributed by atoms with van der Waals surface area (Å²) in [4.78, 5) is 2.53. The van der Waals surface area contributed by atoms with Crippen molar-refractivity contribution in [2.24, 2.45) is 0 Å². The van der Waals surface area contributed by atoms with Gasteiger partial charge in [0.25, 0.3) is 0 Å². The summed E-state index contributed by atoms with van der Waals surface area (Å²) in [5.41, 5.74) is 0. The van der Waals surface area contributed by atoms with E-state index in [-0.39, 0.29) is 0 Å². The SMILES string of the molecule is CN1CCC[C@@H]1[C@H]1CCCCN1. The van der Waals surface area contributed by atoms with Crippen molar-refractivity contribution < 1.29 is 0 Å². The Morgan fingerprint density at radius 2 is 2.08 bits per heavy atom. The molecule has 2 aliphatic heterocycles. The van der Waals surface area contributed by atoms with Crippen LogP contribution in [-0.2, 0) is 0 Å². The van der Waals surface area contributed by atoms with Crippen molar-refractivity contribution in [2.45, 2.75) is 44.2 Å². The fourth-order valence-electron chi connectivity index (χ4n) is 2.65. The molecule has 0 radical (unpaired) electrons. The van der Waals surface area contributed by atoms with Crippen molar-refractivity contribution >= 4 is 0 Å². The molecule has 2 rings (SSSR count). The van der Waals surface area contributed by atoms with E-state index in [2.05, 4.69) is 17.3 Å². The van der Waals surface area contributed by atoms with Gasteiger partial charge in [0.05, 0.1) is 0 Å². The molecule has 2 saturated heterocycles. The maximum atomic E-state index is 3.65. The molecule has 0 unspecified atom stereocenters. The minimum absolute atomic E-state index is 0.797. The Kier molecular flexibility index (Phi) is 2.66. The topological polar surface area (TPSA) is 15.3 Å². The van der Waals surface area contributed by atoms with Gasteiger partial charge in [-0.2, -0.15) is 0 Å². The van der Waals surface area contributed by atoms with Gasteiger partial charge in [0.2, 0.25) is 0 Å². The Balaban J connectivity index is 1.89. The van der Waals surface area contributed by atoms with Crippen molar-refractivity contribution in [1.29, 1.82) is 0 Å². The van der Waals surface area contributed by atoms with Crippen molar-refractivity contribution in [3.63, 3.8) is 0 Å². The van der Waals surface area contributed by atoms with E-state index in [1.807, 2.05) is 0 Å². The Bertz CT molecular complexity index is 141. The first-order chi connectivity index (χ1) is 5.88. The summed E-state index contributed by atoms with van der Waals surface area (Å²) in [6.45, 7) is 2.55. The lowest BCUT2D eigenvalue weighted by Gasteiger charge is -2.32. The predicted octanol–water partition coefficient (Wildman–Crippen LogP) is 1.22. The zero-order valence-corrected chi connectivity index (χ0v) is 8.05. The minimum atomic E-state index is 0.797. The minimum Gasteiger partial charge on any atom is -0.312 e. The van der Waals surface area contributed by atoms with Gasteiger partial charge in [-0.25, -0.2) is 0 Å². The van der Waals surface area contributed by atoms with Crippen LogP contribution in [0.25, 0.3) is 0 Å². The molecule has 0 saturated carbocycles. The lowest BCUT2D eigenvalue weighted by atomic mass is 9.96. The van der Waals surface area contributed by atoms with Crippen molar-refractivity contribution in [3.8, 4) is 0 Å². The smallest absolute Gasteiger partial charge is 0.0246 e. The Labute approximate surface area is 75.3 Å². The lowest BCUT2D eigenvalue weighted by Crippen LogP contribution is -2.47. The second-order valence-corrected chi connectivity index (χ2v) is 4.25. The van der Waals surface area contributed by atoms with Gasteiger partial charge in [0.15, 0.2) is 0 Å². The van der Waals surface area contributed by atoms with Gasteiger partial charge in [0.1, 0.15) is 0 Å². The average Bonchev–Trinajstić information content (AvgIpc) is 2.53. The number of nitrogens with zero attached hydrogens (tertiary/aromatic N) is 1. The molecule has 2 aliphatic rings. The third kappa shape index (κ3) is 1.64. The molecule has 2 atom stereocenters. The second kappa shape index (κ2) is 3.75. The molecule has 0 bridgehead atoms. The van der Waals surface area contributed by atoms with Crippen LogP contribution in [0.1, 0.15) is 32.1 Å². The normalized spacial score (nSPS) is 38.8. The van der Waals surface area contributed by atoms with Gasteiger partial charge in [-0.3, -0.25) is 0 Å². The highest BCUT2D eigenvalue weighted by molar-refractivity contribution is 4.89. The van der Waals surface area contributed by atoms with Crippen LogP contribution < -0.4 is 5.32 Å². The molecule has 2 heteroatoms. The first-order valence-electron chi connectivity index (χ1n) is 5.31. The molecule has 0 aromatic heterocycles. The van der Waals surface area contributed by atoms with Gasteiger partial charge in [-0.05, 0) is 45.8 Å². The van der Waals surface area contributed by atoms with E-state index in [0.29, 0.717) is 0 Å². The van der Waals surface area contributed by atoms with Gasteiger partial charge in [-0.15, -0.1) is 0 Å². The number of likely N-dealkylation sites (N-methyl/N-ethyl adjacent to an activating group) is 1. The summed E-state index contributed by atoms with van der Waals surface area (Å²) in [5, 5.41) is 3.65. The Morgan fingerprint density at radius 1 is 1.17 bits per heavy atom. The number of likely N-dealkylation sites (tertiary alicyclic amines) is 1. The van der Waals surface area contributed by atoms with Gasteiger partial charge >= 0.3 is 0 Å². The van der Waals surface area contributed by atoms with Crippen LogP contribution >= 0.6 is 0 Å². The molecule has 12 heavy (non-hydrogen) atoms. The van der Waals surface area contributed by atoms with Gasteiger partial charge in [0, 0.05) is 12.1 Å². The standard InChI is InChI=1S/C10H20N2/c1-12-8-4-6-10(12)9-5-2-3-7-11-9/h9-11H,2-8H2,1H3/t9-,10-/m1/s1. The second-order valence-electron chi connectivity index (χ2n) is 4.25. The highest BCUT2D eigenvalue weighted by Crippen LogP contribution is 2.22. The zero-order valence-electron chi connectivity index (χ0n) is 8.05. The first-order valence-corrected chi connectivity index (χ1v) is 5.31. The lowest BCUT2D eigenvalue weighted by molar-refractivity contribution is 0.218. The van der Waals surface area contributed by atoms with E-state index in [9.17, 15) is 0 Å². The predicted molar refractivity (Wildman–Crippen MR) is 51.3 cm³/mol. The molecule has 2 fully saturated rings. The van der Waals surface area contributed by atoms with E-state index >= 15 is 0 Å². The third-order valence-electron chi connectivity index (χ3n) is 3.39. The molecular formula is C10H20N2. The first kappa shape index (κ1) is 8.52. The van der Waals surface area contributed by atoms with Crippen LogP contribution in [0.2, 0.25) is 0 Å². The van der Waals surface area contributed by atoms with Gasteiger partial charge < -0.3 is 10.2 Å². The van der Waals surface area contributed by atoms with Crippen molar-refractivity contribution in [2.75, 3.05) is 20.1 Å². The van der Waals surface area contributed by atoms with E-state index < -0.39 is 0 Å². The summed E-state index contributed by atoms with van der Waals surface area (Å²) in [7, 11) is 2.27. The van der Waals surface area contributed by atoms with Crippen LogP contribution in [0.4, 0.5) is 0 Å². The monoisotopic (exact) mass is 168 g/mol. The molecule has 2 heterocycles. The summed E-state index contributed by atoms with van der Waals surface area (Å²) >= 11 is 0. The highest BCUT2D eigenvalue weighted by atomic mass is 15.2. The molecule has 0 aliphatic carbocycles. The molecule has 0 aromatic rings. The molecular weight excluding hydrogens is 148 g/mol. The number of nitrogens with one attached hydrogen (secondary N) is 1. The largest absolute Gasteiger partial charge is 0.312 e. The van der Waals surface area contributed by atoms with Crippen LogP contribution in [0.5, 0.6) is 0 Å². The summed E-state index contributed by atoms with van der Waals surface area (Å²) in [6.07, 6.45) is 7.03. The van der Waals surface area contributed by atoms with E-state index in [1.54, 1.807) is 0 Å². The van der Waals surface area contributed by atoms with Crippen LogP contribution in [0, 0.1) is 0 Å². The molecule has 70 valence electrons. The number of piperidine rings is 1. The third-order valence-corrected chi connectivity index (χ3v) is 3.39. The Hall–Kier alpha value is -0.0800. The molecule has 0 amide bonds. The maximum absolute atomic E-state index is 3.65. The summed E-state index contributed by atoms with van der Waals surface area (Å²) < 4.78 is 0. The summed E-state index contributed by atoms with van der Waals surface area (Å²) in [6, 6.07) is 1.64. The average molecular weight is 168 g/mol. The molecule has 0 aromatic carbocycles. The van der Waals surface area contributed by atoms with Crippen LogP contribution in [-0.4, -0.2) is 37.1 Å². The van der Waals surface area contributed by atoms with E-state index in [4.69, 9.17) is 0 Å². The Morgan fingerprint density at radius 3 is 2.67 bits per heavy atom. The fourth-order valence-corrected chi connectivity index (χ4v) is 2.65.